The summed E-state index contributed by atoms with van der Waals surface area (Å²) in [5, 5.41) is 0.905. The number of hydrogen-bond acceptors (Lipinski definition) is 1. The number of ether oxygens (including phenoxy) is 1. The molecule has 0 aliphatic heterocycles. The van der Waals surface area contributed by atoms with Gasteiger partial charge < -0.3 is 4.74 Å². The molecule has 19 heavy (non-hydrogen) atoms. The molecule has 0 aromatic heterocycles. The van der Waals surface area contributed by atoms with E-state index >= 15 is 0 Å². The molecule has 0 radical (unpaired) electrons. The minimum Gasteiger partial charge on any atom is -0.496 e. The Morgan fingerprint density at radius 1 is 1.11 bits per heavy atom. The molecule has 0 saturated heterocycles. The summed E-state index contributed by atoms with van der Waals surface area (Å²) in [4.78, 5) is 0. The third-order valence-electron chi connectivity index (χ3n) is 2.70. The van der Waals surface area contributed by atoms with Gasteiger partial charge in [0.05, 0.1) is 17.5 Å². The lowest BCUT2D eigenvalue weighted by Gasteiger charge is -2.15. The Morgan fingerprint density at radius 2 is 1.84 bits per heavy atom. The molecule has 0 amide bonds. The van der Waals surface area contributed by atoms with Crippen molar-refractivity contribution < 1.29 is 4.74 Å². The lowest BCUT2D eigenvalue weighted by Crippen LogP contribution is -1.97. The molecule has 0 saturated carbocycles. The lowest BCUT2D eigenvalue weighted by atomic mass is 10.0. The van der Waals surface area contributed by atoms with Gasteiger partial charge in [0.15, 0.2) is 0 Å². The molecule has 0 aliphatic carbocycles. The van der Waals surface area contributed by atoms with Gasteiger partial charge in [-0.1, -0.05) is 29.3 Å². The molecule has 1 atom stereocenters. The van der Waals surface area contributed by atoms with Gasteiger partial charge in [-0.15, -0.1) is 11.6 Å². The molecular formula is C14H10BrCl3O. The molecule has 0 fully saturated rings. The van der Waals surface area contributed by atoms with Crippen molar-refractivity contribution in [2.45, 2.75) is 5.38 Å². The first-order valence-electron chi connectivity index (χ1n) is 5.45. The van der Waals surface area contributed by atoms with E-state index in [0.717, 1.165) is 15.6 Å². The van der Waals surface area contributed by atoms with E-state index in [0.29, 0.717) is 15.8 Å². The molecule has 5 heteroatoms. The van der Waals surface area contributed by atoms with E-state index in [1.54, 1.807) is 31.4 Å². The molecule has 0 heterocycles. The Kier molecular flexibility index (Phi) is 5.02. The van der Waals surface area contributed by atoms with Crippen LogP contribution in [-0.4, -0.2) is 7.11 Å². The molecule has 2 aromatic rings. The maximum Gasteiger partial charge on any atom is 0.123 e. The second-order valence-electron chi connectivity index (χ2n) is 3.92. The van der Waals surface area contributed by atoms with Gasteiger partial charge in [-0.2, -0.15) is 0 Å². The van der Waals surface area contributed by atoms with Crippen LogP contribution >= 0.6 is 50.7 Å². The Balaban J connectivity index is 2.45. The van der Waals surface area contributed by atoms with Crippen LogP contribution in [0.2, 0.25) is 10.0 Å². The average molecular weight is 380 g/mol. The van der Waals surface area contributed by atoms with E-state index in [1.807, 2.05) is 12.1 Å². The maximum atomic E-state index is 6.51. The van der Waals surface area contributed by atoms with E-state index in [-0.39, 0.29) is 5.38 Å². The molecule has 1 unspecified atom stereocenters. The van der Waals surface area contributed by atoms with Gasteiger partial charge in [0, 0.05) is 15.1 Å². The summed E-state index contributed by atoms with van der Waals surface area (Å²) in [6.07, 6.45) is 0. The van der Waals surface area contributed by atoms with E-state index in [9.17, 15) is 0 Å². The third-order valence-corrected chi connectivity index (χ3v) is 4.64. The number of halogens is 4. The van der Waals surface area contributed by atoms with E-state index in [4.69, 9.17) is 39.5 Å². The zero-order valence-corrected chi connectivity index (χ0v) is 13.8. The van der Waals surface area contributed by atoms with E-state index < -0.39 is 0 Å². The van der Waals surface area contributed by atoms with Crippen LogP contribution in [0.4, 0.5) is 0 Å². The van der Waals surface area contributed by atoms with E-state index in [1.165, 1.54) is 0 Å². The minimum atomic E-state index is -0.359. The predicted molar refractivity (Wildman–Crippen MR) is 84.9 cm³/mol. The largest absolute Gasteiger partial charge is 0.496 e. The van der Waals surface area contributed by atoms with Crippen molar-refractivity contribution in [2.24, 2.45) is 0 Å². The summed E-state index contributed by atoms with van der Waals surface area (Å²) in [7, 11) is 1.61. The van der Waals surface area contributed by atoms with Crippen molar-refractivity contribution in [1.29, 1.82) is 0 Å². The summed E-state index contributed by atoms with van der Waals surface area (Å²) in [5.41, 5.74) is 1.74. The normalized spacial score (nSPS) is 12.3. The monoisotopic (exact) mass is 378 g/mol. The SMILES string of the molecule is COc1ccc(Cl)cc1C(Cl)c1ccc(Cl)c(Br)c1. The fourth-order valence-electron chi connectivity index (χ4n) is 1.75. The fourth-order valence-corrected chi connectivity index (χ4v) is 2.75. The Morgan fingerprint density at radius 3 is 2.47 bits per heavy atom. The van der Waals surface area contributed by atoms with Gasteiger partial charge in [0.2, 0.25) is 0 Å². The number of alkyl halides is 1. The third kappa shape index (κ3) is 3.38. The standard InChI is InChI=1S/C14H10BrCl3O/c1-19-13-5-3-9(16)7-10(13)14(18)8-2-4-12(17)11(15)6-8/h2-7,14H,1H3. The topological polar surface area (TPSA) is 9.23 Å². The highest BCUT2D eigenvalue weighted by Gasteiger charge is 2.17. The van der Waals surface area contributed by atoms with Crippen LogP contribution in [0.15, 0.2) is 40.9 Å². The first-order valence-corrected chi connectivity index (χ1v) is 7.44. The zero-order chi connectivity index (χ0) is 14.0. The zero-order valence-electron chi connectivity index (χ0n) is 9.96. The lowest BCUT2D eigenvalue weighted by molar-refractivity contribution is 0.410. The molecule has 0 aliphatic rings. The van der Waals surface area contributed by atoms with Crippen molar-refractivity contribution in [3.63, 3.8) is 0 Å². The Bertz CT molecular complexity index is 601. The van der Waals surface area contributed by atoms with Crippen molar-refractivity contribution in [1.82, 2.24) is 0 Å². The van der Waals surface area contributed by atoms with Crippen LogP contribution < -0.4 is 4.74 Å². The molecule has 2 rings (SSSR count). The molecular weight excluding hydrogens is 370 g/mol. The fraction of sp³-hybridized carbons (Fsp3) is 0.143. The van der Waals surface area contributed by atoms with Crippen LogP contribution in [0.3, 0.4) is 0 Å². The molecule has 0 N–H and O–H groups in total. The Labute approximate surface area is 135 Å². The van der Waals surface area contributed by atoms with Crippen LogP contribution in [-0.2, 0) is 0 Å². The van der Waals surface area contributed by atoms with Crippen LogP contribution in [0.25, 0.3) is 0 Å². The van der Waals surface area contributed by atoms with Crippen molar-refractivity contribution >= 4 is 50.7 Å². The summed E-state index contributed by atoms with van der Waals surface area (Å²) in [6.45, 7) is 0. The van der Waals surface area contributed by atoms with E-state index in [2.05, 4.69) is 15.9 Å². The number of methoxy groups -OCH3 is 1. The average Bonchev–Trinajstić information content (AvgIpc) is 2.41. The molecule has 1 nitrogen and oxygen atoms in total. The molecule has 100 valence electrons. The summed E-state index contributed by atoms with van der Waals surface area (Å²) in [6, 6.07) is 10.9. The van der Waals surface area contributed by atoms with Gasteiger partial charge in [-0.25, -0.2) is 0 Å². The van der Waals surface area contributed by atoms with Crippen molar-refractivity contribution in [2.75, 3.05) is 7.11 Å². The summed E-state index contributed by atoms with van der Waals surface area (Å²) >= 11 is 21.9. The first kappa shape index (κ1) is 15.0. The highest BCUT2D eigenvalue weighted by atomic mass is 79.9. The number of hydrogen-bond donors (Lipinski definition) is 0. The highest BCUT2D eigenvalue weighted by Crippen LogP contribution is 2.38. The van der Waals surface area contributed by atoms with Crippen LogP contribution in [0.1, 0.15) is 16.5 Å². The van der Waals surface area contributed by atoms with Crippen LogP contribution in [0, 0.1) is 0 Å². The second-order valence-corrected chi connectivity index (χ2v) is 6.06. The Hall–Kier alpha value is -0.410. The van der Waals surface area contributed by atoms with Crippen LogP contribution in [0.5, 0.6) is 5.75 Å². The van der Waals surface area contributed by atoms with Gasteiger partial charge in [-0.3, -0.25) is 0 Å². The van der Waals surface area contributed by atoms with Gasteiger partial charge >= 0.3 is 0 Å². The first-order chi connectivity index (χ1) is 9.02. The number of rotatable bonds is 3. The molecule has 2 aromatic carbocycles. The van der Waals surface area contributed by atoms with Gasteiger partial charge in [0.1, 0.15) is 5.75 Å². The van der Waals surface area contributed by atoms with Gasteiger partial charge in [0.25, 0.3) is 0 Å². The molecule has 0 bridgehead atoms. The summed E-state index contributed by atoms with van der Waals surface area (Å²) in [5.74, 6) is 0.704. The second kappa shape index (κ2) is 6.36. The van der Waals surface area contributed by atoms with Gasteiger partial charge in [-0.05, 0) is 51.8 Å². The number of benzene rings is 2. The quantitative estimate of drug-likeness (QED) is 0.585. The molecule has 0 spiro atoms. The minimum absolute atomic E-state index is 0.359. The van der Waals surface area contributed by atoms with Crippen molar-refractivity contribution in [3.05, 3.63) is 62.0 Å². The predicted octanol–water partition coefficient (Wildman–Crippen LogP) is 6.09. The van der Waals surface area contributed by atoms with Crippen molar-refractivity contribution in [3.8, 4) is 5.75 Å². The smallest absolute Gasteiger partial charge is 0.123 e. The maximum absolute atomic E-state index is 6.51. The highest BCUT2D eigenvalue weighted by molar-refractivity contribution is 9.10. The summed E-state index contributed by atoms with van der Waals surface area (Å²) < 4.78 is 6.12.